The maximum Gasteiger partial charge on any atom is 0.226 e. The van der Waals surface area contributed by atoms with Crippen molar-refractivity contribution in [3.63, 3.8) is 0 Å². The summed E-state index contributed by atoms with van der Waals surface area (Å²) in [6.45, 7) is 5.80. The minimum atomic E-state index is 0.0664. The molecule has 1 saturated heterocycles. The van der Waals surface area contributed by atoms with Crippen molar-refractivity contribution in [2.45, 2.75) is 57.9 Å². The fraction of sp³-hybridized carbons (Fsp3) is 0.737. The highest BCUT2D eigenvalue weighted by Gasteiger charge is 2.56. The number of hydrogen-bond acceptors (Lipinski definition) is 1. The first kappa shape index (κ1) is 13.6. The van der Waals surface area contributed by atoms with Gasteiger partial charge in [-0.05, 0) is 62.2 Å². The molecule has 5 unspecified atom stereocenters. The molecule has 4 aliphatic rings. The summed E-state index contributed by atoms with van der Waals surface area (Å²) in [5, 5.41) is 0. The molecule has 1 amide bonds. The Hall–Kier alpha value is -1.05. The summed E-state index contributed by atoms with van der Waals surface area (Å²) in [6.07, 6.45) is 16.0. The predicted octanol–water partition coefficient (Wildman–Crippen LogP) is 3.94. The molecule has 1 saturated carbocycles. The Morgan fingerprint density at radius 3 is 2.86 bits per heavy atom. The van der Waals surface area contributed by atoms with Crippen LogP contribution in [0.15, 0.2) is 24.3 Å². The number of hydrogen-bond donors (Lipinski definition) is 0. The number of fused-ring (bicyclic) bond motifs is 5. The van der Waals surface area contributed by atoms with E-state index in [0.29, 0.717) is 23.7 Å². The van der Waals surface area contributed by atoms with E-state index in [1.807, 2.05) is 0 Å². The molecule has 0 aromatic carbocycles. The van der Waals surface area contributed by atoms with Crippen molar-refractivity contribution >= 4 is 5.91 Å². The van der Waals surface area contributed by atoms with Gasteiger partial charge in [0.05, 0.1) is 0 Å². The molecule has 2 heterocycles. The van der Waals surface area contributed by atoms with Crippen molar-refractivity contribution in [1.82, 2.24) is 4.90 Å². The summed E-state index contributed by atoms with van der Waals surface area (Å²) in [4.78, 5) is 14.7. The van der Waals surface area contributed by atoms with Gasteiger partial charge in [0.1, 0.15) is 0 Å². The summed E-state index contributed by atoms with van der Waals surface area (Å²) in [5.41, 5.74) is 0.501. The lowest BCUT2D eigenvalue weighted by Crippen LogP contribution is -2.62. The molecule has 0 bridgehead atoms. The van der Waals surface area contributed by atoms with Crippen molar-refractivity contribution in [1.29, 1.82) is 0 Å². The lowest BCUT2D eigenvalue weighted by atomic mass is 9.53. The van der Waals surface area contributed by atoms with E-state index in [0.717, 1.165) is 24.8 Å². The van der Waals surface area contributed by atoms with Crippen LogP contribution in [0.25, 0.3) is 0 Å². The molecular formula is C19H27NO. The quantitative estimate of drug-likeness (QED) is 0.617. The van der Waals surface area contributed by atoms with Crippen LogP contribution < -0.4 is 0 Å². The van der Waals surface area contributed by atoms with E-state index in [9.17, 15) is 4.79 Å². The predicted molar refractivity (Wildman–Crippen MR) is 84.7 cm³/mol. The van der Waals surface area contributed by atoms with E-state index >= 15 is 0 Å². The van der Waals surface area contributed by atoms with Crippen LogP contribution in [-0.2, 0) is 4.79 Å². The molecule has 0 aromatic rings. The molecule has 2 heteroatoms. The Morgan fingerprint density at radius 2 is 2.00 bits per heavy atom. The Labute approximate surface area is 128 Å². The molecule has 2 aliphatic carbocycles. The molecule has 21 heavy (non-hydrogen) atoms. The maximum absolute atomic E-state index is 12.5. The fourth-order valence-electron chi connectivity index (χ4n) is 5.97. The van der Waals surface area contributed by atoms with Gasteiger partial charge in [-0.2, -0.15) is 0 Å². The van der Waals surface area contributed by atoms with Crippen LogP contribution in [0, 0.1) is 23.2 Å². The number of rotatable bonds is 0. The van der Waals surface area contributed by atoms with Gasteiger partial charge in [0.15, 0.2) is 0 Å². The van der Waals surface area contributed by atoms with Gasteiger partial charge in [-0.15, -0.1) is 0 Å². The highest BCUT2D eigenvalue weighted by molar-refractivity contribution is 5.79. The minimum Gasteiger partial charge on any atom is -0.336 e. The van der Waals surface area contributed by atoms with Gasteiger partial charge in [-0.1, -0.05) is 31.2 Å². The average molecular weight is 285 g/mol. The molecule has 0 radical (unpaired) electrons. The van der Waals surface area contributed by atoms with Crippen LogP contribution in [0.1, 0.15) is 52.4 Å². The third kappa shape index (κ3) is 1.80. The van der Waals surface area contributed by atoms with Gasteiger partial charge in [-0.3, -0.25) is 4.79 Å². The van der Waals surface area contributed by atoms with E-state index in [1.54, 1.807) is 0 Å². The first-order valence-corrected chi connectivity index (χ1v) is 8.68. The Kier molecular flexibility index (Phi) is 2.90. The van der Waals surface area contributed by atoms with E-state index in [2.05, 4.69) is 43.1 Å². The fourth-order valence-corrected chi connectivity index (χ4v) is 5.97. The zero-order valence-electron chi connectivity index (χ0n) is 13.3. The summed E-state index contributed by atoms with van der Waals surface area (Å²) in [7, 11) is 0. The summed E-state index contributed by atoms with van der Waals surface area (Å²) < 4.78 is 0. The average Bonchev–Trinajstić information content (AvgIpc) is 2.78. The first-order chi connectivity index (χ1) is 10.0. The van der Waals surface area contributed by atoms with E-state index in [4.69, 9.17) is 0 Å². The van der Waals surface area contributed by atoms with Gasteiger partial charge >= 0.3 is 0 Å². The number of carbonyl (C=O) groups excluding carboxylic acids is 1. The van der Waals surface area contributed by atoms with Gasteiger partial charge < -0.3 is 4.90 Å². The smallest absolute Gasteiger partial charge is 0.226 e. The van der Waals surface area contributed by atoms with E-state index in [-0.39, 0.29) is 5.54 Å². The van der Waals surface area contributed by atoms with Crippen molar-refractivity contribution in [3.8, 4) is 0 Å². The molecule has 2 fully saturated rings. The minimum absolute atomic E-state index is 0.0664. The molecule has 2 nitrogen and oxygen atoms in total. The number of piperidine rings is 1. The van der Waals surface area contributed by atoms with Crippen molar-refractivity contribution in [2.24, 2.45) is 23.2 Å². The standard InChI is InChI=1S/C19H27NO/c1-18-10-5-6-15(18)14-9-13-20-17(21)7-3-4-11-19(20,2)16(14)8-12-18/h3-5,10,14-16H,6-9,11-13H2,1-2H3. The van der Waals surface area contributed by atoms with Crippen LogP contribution in [0.2, 0.25) is 0 Å². The molecule has 0 spiro atoms. The second-order valence-electron chi connectivity index (χ2n) is 8.13. The highest BCUT2D eigenvalue weighted by Crippen LogP contribution is 2.59. The lowest BCUT2D eigenvalue weighted by molar-refractivity contribution is -0.149. The van der Waals surface area contributed by atoms with Crippen molar-refractivity contribution in [2.75, 3.05) is 6.54 Å². The lowest BCUT2D eigenvalue weighted by Gasteiger charge is -2.59. The summed E-state index contributed by atoms with van der Waals surface area (Å²) >= 11 is 0. The van der Waals surface area contributed by atoms with Gasteiger partial charge in [0, 0.05) is 18.5 Å². The molecule has 4 rings (SSSR count). The van der Waals surface area contributed by atoms with Crippen molar-refractivity contribution < 1.29 is 4.79 Å². The van der Waals surface area contributed by atoms with Crippen LogP contribution in [0.3, 0.4) is 0 Å². The molecule has 0 N–H and O–H groups in total. The third-order valence-electron chi connectivity index (χ3n) is 7.16. The first-order valence-electron chi connectivity index (χ1n) is 8.68. The Morgan fingerprint density at radius 1 is 1.14 bits per heavy atom. The largest absolute Gasteiger partial charge is 0.336 e. The SMILES string of the molecule is CC12C=CCC1C1CCN3C(=O)CC=CCC3(C)C1CC2. The molecule has 0 aromatic heterocycles. The van der Waals surface area contributed by atoms with Crippen LogP contribution >= 0.6 is 0 Å². The highest BCUT2D eigenvalue weighted by atomic mass is 16.2. The topological polar surface area (TPSA) is 20.3 Å². The zero-order chi connectivity index (χ0) is 14.7. The Balaban J connectivity index is 1.69. The number of amides is 1. The molecule has 2 aliphatic heterocycles. The van der Waals surface area contributed by atoms with Crippen LogP contribution in [0.4, 0.5) is 0 Å². The third-order valence-corrected chi connectivity index (χ3v) is 7.16. The van der Waals surface area contributed by atoms with E-state index in [1.165, 1.54) is 25.7 Å². The van der Waals surface area contributed by atoms with Gasteiger partial charge in [-0.25, -0.2) is 0 Å². The molecular weight excluding hydrogens is 258 g/mol. The molecule has 5 atom stereocenters. The Bertz CT molecular complexity index is 522. The van der Waals surface area contributed by atoms with Gasteiger partial charge in [0.2, 0.25) is 5.91 Å². The van der Waals surface area contributed by atoms with E-state index < -0.39 is 0 Å². The number of carbonyl (C=O) groups is 1. The monoisotopic (exact) mass is 285 g/mol. The van der Waals surface area contributed by atoms with Gasteiger partial charge in [0.25, 0.3) is 0 Å². The normalized spacial score (nSPS) is 48.6. The van der Waals surface area contributed by atoms with Crippen LogP contribution in [-0.4, -0.2) is 22.9 Å². The number of allylic oxidation sites excluding steroid dienone is 2. The second-order valence-corrected chi connectivity index (χ2v) is 8.13. The summed E-state index contributed by atoms with van der Waals surface area (Å²) in [6, 6.07) is 0. The molecule has 114 valence electrons. The van der Waals surface area contributed by atoms with Crippen LogP contribution in [0.5, 0.6) is 0 Å². The number of nitrogens with zero attached hydrogens (tertiary/aromatic N) is 1. The van der Waals surface area contributed by atoms with Crippen molar-refractivity contribution in [3.05, 3.63) is 24.3 Å². The maximum atomic E-state index is 12.5. The summed E-state index contributed by atoms with van der Waals surface area (Å²) in [5.74, 6) is 2.66. The second kappa shape index (κ2) is 4.47. The zero-order valence-corrected chi connectivity index (χ0v) is 13.3.